The first-order valence-electron chi connectivity index (χ1n) is 10.9. The highest BCUT2D eigenvalue weighted by Gasteiger charge is 2.26. The number of methoxy groups -OCH3 is 1. The molecule has 1 aromatic carbocycles. The van der Waals surface area contributed by atoms with Crippen LogP contribution in [-0.2, 0) is 15.8 Å². The van der Waals surface area contributed by atoms with Gasteiger partial charge in [-0.05, 0) is 71.2 Å². The van der Waals surface area contributed by atoms with Crippen molar-refractivity contribution in [2.24, 2.45) is 5.92 Å². The van der Waals surface area contributed by atoms with Crippen LogP contribution in [0.5, 0.6) is 5.75 Å². The van der Waals surface area contributed by atoms with E-state index in [2.05, 4.69) is 10.3 Å². The van der Waals surface area contributed by atoms with E-state index in [4.69, 9.17) is 4.74 Å². The Labute approximate surface area is 192 Å². The summed E-state index contributed by atoms with van der Waals surface area (Å²) in [6, 6.07) is 5.98. The maximum Gasteiger partial charge on any atom is 0.229 e. The first kappa shape index (κ1) is 23.9. The Balaban J connectivity index is 1.91. The van der Waals surface area contributed by atoms with Gasteiger partial charge < -0.3 is 10.1 Å². The van der Waals surface area contributed by atoms with Crippen LogP contribution < -0.4 is 10.1 Å². The fraction of sp³-hybridized carbons (Fsp3) is 0.565. The highest BCUT2D eigenvalue weighted by atomic mass is 32.2. The van der Waals surface area contributed by atoms with E-state index in [1.807, 2.05) is 57.1 Å². The molecule has 1 amide bonds. The SMILES string of the molecule is COc1ccc(-c2sc(NC(=O)C3CCCC3)nc2C)cc1S(=O)N(C(C)C)C(C)C. The summed E-state index contributed by atoms with van der Waals surface area (Å²) in [5.74, 6) is 0.768. The van der Waals surface area contributed by atoms with E-state index in [1.165, 1.54) is 11.3 Å². The van der Waals surface area contributed by atoms with E-state index < -0.39 is 11.0 Å². The second kappa shape index (κ2) is 10.2. The van der Waals surface area contributed by atoms with Crippen molar-refractivity contribution in [2.75, 3.05) is 12.4 Å². The third-order valence-corrected chi connectivity index (χ3v) is 8.62. The summed E-state index contributed by atoms with van der Waals surface area (Å²) >= 11 is 1.46. The molecule has 6 nitrogen and oxygen atoms in total. The van der Waals surface area contributed by atoms with Gasteiger partial charge >= 0.3 is 0 Å². The topological polar surface area (TPSA) is 71.5 Å². The minimum atomic E-state index is -1.36. The molecule has 1 aliphatic rings. The summed E-state index contributed by atoms with van der Waals surface area (Å²) in [7, 11) is 0.232. The molecule has 1 aliphatic carbocycles. The van der Waals surface area contributed by atoms with Crippen LogP contribution in [0.4, 0.5) is 5.13 Å². The van der Waals surface area contributed by atoms with E-state index in [0.717, 1.165) is 41.8 Å². The first-order chi connectivity index (χ1) is 14.7. The molecule has 1 saturated carbocycles. The molecule has 170 valence electrons. The standard InChI is InChI=1S/C23H33N3O3S2/c1-14(2)26(15(3)4)31(28)20-13-18(11-12-19(20)29-6)21-16(5)24-23(30-21)25-22(27)17-9-7-8-10-17/h11-15,17H,7-10H2,1-6H3,(H,24,25,27). The summed E-state index contributed by atoms with van der Waals surface area (Å²) < 4.78 is 21.0. The number of benzene rings is 1. The lowest BCUT2D eigenvalue weighted by molar-refractivity contribution is -0.119. The van der Waals surface area contributed by atoms with Crippen LogP contribution in [0.3, 0.4) is 0 Å². The Kier molecular flexibility index (Phi) is 7.88. The van der Waals surface area contributed by atoms with Gasteiger partial charge in [0.05, 0.1) is 22.6 Å². The molecule has 1 aromatic heterocycles. The number of aromatic nitrogens is 1. The molecule has 1 fully saturated rings. The molecule has 0 radical (unpaired) electrons. The van der Waals surface area contributed by atoms with Gasteiger partial charge in [-0.3, -0.25) is 4.79 Å². The number of amides is 1. The molecule has 0 bridgehead atoms. The van der Waals surface area contributed by atoms with Gasteiger partial charge in [0.15, 0.2) is 5.13 Å². The summed E-state index contributed by atoms with van der Waals surface area (Å²) in [5.41, 5.74) is 1.77. The molecule has 3 rings (SSSR count). The molecular weight excluding hydrogens is 430 g/mol. The Morgan fingerprint density at radius 2 is 1.87 bits per heavy atom. The monoisotopic (exact) mass is 463 g/mol. The number of anilines is 1. The van der Waals surface area contributed by atoms with Gasteiger partial charge in [0.1, 0.15) is 16.7 Å². The van der Waals surface area contributed by atoms with Crippen LogP contribution in [0.2, 0.25) is 0 Å². The lowest BCUT2D eigenvalue weighted by atomic mass is 10.1. The molecule has 1 atom stereocenters. The van der Waals surface area contributed by atoms with E-state index in [-0.39, 0.29) is 23.9 Å². The molecule has 0 aliphatic heterocycles. The zero-order chi connectivity index (χ0) is 22.7. The molecule has 0 saturated heterocycles. The van der Waals surface area contributed by atoms with E-state index in [1.54, 1.807) is 7.11 Å². The summed E-state index contributed by atoms with van der Waals surface area (Å²) in [4.78, 5) is 18.7. The number of thiazole rings is 1. The first-order valence-corrected chi connectivity index (χ1v) is 12.8. The van der Waals surface area contributed by atoms with Crippen molar-refractivity contribution in [3.63, 3.8) is 0 Å². The number of aryl methyl sites for hydroxylation is 1. The number of ether oxygens (including phenoxy) is 1. The van der Waals surface area contributed by atoms with Crippen LogP contribution in [0, 0.1) is 12.8 Å². The number of rotatable bonds is 8. The number of nitrogens with one attached hydrogen (secondary N) is 1. The molecular formula is C23H33N3O3S2. The van der Waals surface area contributed by atoms with Crippen molar-refractivity contribution in [3.05, 3.63) is 23.9 Å². The van der Waals surface area contributed by atoms with Crippen LogP contribution in [0.1, 0.15) is 59.1 Å². The number of nitrogens with zero attached hydrogens (tertiary/aromatic N) is 2. The van der Waals surface area contributed by atoms with Crippen LogP contribution in [0.15, 0.2) is 23.1 Å². The normalized spacial score (nSPS) is 15.8. The molecule has 8 heteroatoms. The second-order valence-electron chi connectivity index (χ2n) is 8.57. The van der Waals surface area contributed by atoms with E-state index >= 15 is 0 Å². The lowest BCUT2D eigenvalue weighted by Crippen LogP contribution is -2.38. The van der Waals surface area contributed by atoms with Gasteiger partial charge in [-0.2, -0.15) is 0 Å². The molecule has 1 N–H and O–H groups in total. The maximum absolute atomic E-state index is 13.5. The predicted octanol–water partition coefficient (Wildman–Crippen LogP) is 5.40. The van der Waals surface area contributed by atoms with Gasteiger partial charge in [-0.25, -0.2) is 13.5 Å². The van der Waals surface area contributed by atoms with Crippen LogP contribution >= 0.6 is 11.3 Å². The second-order valence-corrected chi connectivity index (χ2v) is 10.9. The quantitative estimate of drug-likeness (QED) is 0.569. The Morgan fingerprint density at radius 1 is 1.23 bits per heavy atom. The predicted molar refractivity (Wildman–Crippen MR) is 128 cm³/mol. The van der Waals surface area contributed by atoms with Crippen molar-refractivity contribution in [2.45, 2.75) is 77.3 Å². The third kappa shape index (κ3) is 5.35. The van der Waals surface area contributed by atoms with Crippen molar-refractivity contribution in [1.82, 2.24) is 9.29 Å². The fourth-order valence-corrected chi connectivity index (χ4v) is 6.67. The van der Waals surface area contributed by atoms with Crippen LogP contribution in [0.25, 0.3) is 10.4 Å². The van der Waals surface area contributed by atoms with Gasteiger partial charge in [0.25, 0.3) is 0 Å². The fourth-order valence-electron chi connectivity index (χ4n) is 4.16. The number of carbonyl (C=O) groups is 1. The van der Waals surface area contributed by atoms with Gasteiger partial charge in [-0.15, -0.1) is 0 Å². The lowest BCUT2D eigenvalue weighted by Gasteiger charge is -2.29. The van der Waals surface area contributed by atoms with Gasteiger partial charge in [0.2, 0.25) is 5.91 Å². The van der Waals surface area contributed by atoms with E-state index in [9.17, 15) is 9.00 Å². The van der Waals surface area contributed by atoms with Crippen LogP contribution in [-0.4, -0.2) is 38.6 Å². The summed E-state index contributed by atoms with van der Waals surface area (Å²) in [6.07, 6.45) is 4.16. The highest BCUT2D eigenvalue weighted by molar-refractivity contribution is 7.82. The zero-order valence-corrected chi connectivity index (χ0v) is 20.9. The minimum Gasteiger partial charge on any atom is -0.495 e. The molecule has 1 unspecified atom stereocenters. The number of hydrogen-bond donors (Lipinski definition) is 1. The van der Waals surface area contributed by atoms with Gasteiger partial charge in [0, 0.05) is 18.0 Å². The van der Waals surface area contributed by atoms with Crippen molar-refractivity contribution >= 4 is 33.4 Å². The Bertz CT molecular complexity index is 942. The number of hydrogen-bond acceptors (Lipinski definition) is 5. The number of carbonyl (C=O) groups excluding carboxylic acids is 1. The van der Waals surface area contributed by atoms with Crippen molar-refractivity contribution < 1.29 is 13.7 Å². The summed E-state index contributed by atoms with van der Waals surface area (Å²) in [5, 5.41) is 3.62. The molecule has 1 heterocycles. The van der Waals surface area contributed by atoms with Crippen molar-refractivity contribution in [1.29, 1.82) is 0 Å². The summed E-state index contributed by atoms with van der Waals surface area (Å²) in [6.45, 7) is 10.1. The zero-order valence-electron chi connectivity index (χ0n) is 19.2. The Morgan fingerprint density at radius 3 is 2.45 bits per heavy atom. The Hall–Kier alpha value is -1.77. The average Bonchev–Trinajstić information content (AvgIpc) is 3.37. The third-order valence-electron chi connectivity index (χ3n) is 5.58. The molecule has 31 heavy (non-hydrogen) atoms. The van der Waals surface area contributed by atoms with E-state index in [0.29, 0.717) is 15.8 Å². The van der Waals surface area contributed by atoms with Gasteiger partial charge in [-0.1, -0.05) is 24.2 Å². The average molecular weight is 464 g/mol. The largest absolute Gasteiger partial charge is 0.495 e. The molecule has 2 aromatic rings. The highest BCUT2D eigenvalue weighted by Crippen LogP contribution is 2.37. The molecule has 0 spiro atoms. The van der Waals surface area contributed by atoms with Crippen molar-refractivity contribution in [3.8, 4) is 16.2 Å². The smallest absolute Gasteiger partial charge is 0.229 e. The maximum atomic E-state index is 13.5. The minimum absolute atomic E-state index is 0.0684.